The standard InChI is InChI=1S/C7H5BrS2/c8-6-4-2-1-3-5(6)7(9)10/h1-4H,(H,9,10). The van der Waals surface area contributed by atoms with E-state index in [0.29, 0.717) is 4.20 Å². The molecule has 0 aliphatic carbocycles. The quantitative estimate of drug-likeness (QED) is 0.574. The molecule has 0 radical (unpaired) electrons. The Morgan fingerprint density at radius 3 is 2.40 bits per heavy atom. The molecule has 0 unspecified atom stereocenters. The fourth-order valence-electron chi connectivity index (χ4n) is 0.635. The van der Waals surface area contributed by atoms with E-state index in [4.69, 9.17) is 12.2 Å². The van der Waals surface area contributed by atoms with Gasteiger partial charge < -0.3 is 0 Å². The van der Waals surface area contributed by atoms with Gasteiger partial charge in [0.1, 0.15) is 0 Å². The Kier molecular flexibility index (Phi) is 2.89. The smallest absolute Gasteiger partial charge is 0.0759 e. The highest BCUT2D eigenvalue weighted by Gasteiger charge is 1.98. The molecule has 0 bridgehead atoms. The second-order valence-corrected chi connectivity index (χ2v) is 3.80. The summed E-state index contributed by atoms with van der Waals surface area (Å²) in [7, 11) is 0. The number of thiol groups is 1. The molecule has 0 aromatic heterocycles. The van der Waals surface area contributed by atoms with Crippen LogP contribution in [0.25, 0.3) is 0 Å². The monoisotopic (exact) mass is 232 g/mol. The summed E-state index contributed by atoms with van der Waals surface area (Å²) in [6.07, 6.45) is 0. The van der Waals surface area contributed by atoms with E-state index in [1.807, 2.05) is 24.3 Å². The van der Waals surface area contributed by atoms with Crippen molar-refractivity contribution in [3.63, 3.8) is 0 Å². The van der Waals surface area contributed by atoms with Crippen LogP contribution in [0.2, 0.25) is 0 Å². The highest BCUT2D eigenvalue weighted by molar-refractivity contribution is 9.10. The highest BCUT2D eigenvalue weighted by Crippen LogP contribution is 2.17. The zero-order chi connectivity index (χ0) is 7.56. The molecule has 1 aromatic rings. The van der Waals surface area contributed by atoms with E-state index in [2.05, 4.69) is 28.6 Å². The van der Waals surface area contributed by atoms with Gasteiger partial charge in [0.25, 0.3) is 0 Å². The summed E-state index contributed by atoms with van der Waals surface area (Å²) >= 11 is 12.3. The van der Waals surface area contributed by atoms with Crippen molar-refractivity contribution in [1.82, 2.24) is 0 Å². The van der Waals surface area contributed by atoms with Gasteiger partial charge in [-0.15, -0.1) is 12.6 Å². The van der Waals surface area contributed by atoms with Crippen molar-refractivity contribution in [3.05, 3.63) is 34.3 Å². The summed E-state index contributed by atoms with van der Waals surface area (Å²) in [4.78, 5) is 0. The van der Waals surface area contributed by atoms with Crippen LogP contribution in [0.15, 0.2) is 28.7 Å². The summed E-state index contributed by atoms with van der Waals surface area (Å²) in [6.45, 7) is 0. The van der Waals surface area contributed by atoms with Crippen molar-refractivity contribution in [1.29, 1.82) is 0 Å². The number of rotatable bonds is 1. The van der Waals surface area contributed by atoms with E-state index in [0.717, 1.165) is 10.0 Å². The van der Waals surface area contributed by atoms with Gasteiger partial charge in [-0.25, -0.2) is 0 Å². The van der Waals surface area contributed by atoms with E-state index < -0.39 is 0 Å². The van der Waals surface area contributed by atoms with Crippen LogP contribution >= 0.6 is 40.8 Å². The minimum Gasteiger partial charge on any atom is -0.131 e. The Bertz CT molecular complexity index is 258. The zero-order valence-electron chi connectivity index (χ0n) is 5.04. The van der Waals surface area contributed by atoms with E-state index >= 15 is 0 Å². The number of benzene rings is 1. The highest BCUT2D eigenvalue weighted by atomic mass is 79.9. The van der Waals surface area contributed by atoms with Crippen molar-refractivity contribution in [2.45, 2.75) is 0 Å². The molecular weight excluding hydrogens is 228 g/mol. The molecule has 3 heteroatoms. The van der Waals surface area contributed by atoms with Crippen LogP contribution in [0.1, 0.15) is 5.56 Å². The van der Waals surface area contributed by atoms with E-state index in [9.17, 15) is 0 Å². The summed E-state index contributed by atoms with van der Waals surface area (Å²) in [6, 6.07) is 7.75. The molecule has 0 spiro atoms. The van der Waals surface area contributed by atoms with Gasteiger partial charge in [0.05, 0.1) is 4.20 Å². The molecule has 0 saturated heterocycles. The number of hydrogen-bond donors (Lipinski definition) is 1. The summed E-state index contributed by atoms with van der Waals surface area (Å²) < 4.78 is 1.61. The van der Waals surface area contributed by atoms with E-state index in [-0.39, 0.29) is 0 Å². The maximum atomic E-state index is 4.88. The molecule has 0 saturated carbocycles. The molecule has 0 fully saturated rings. The van der Waals surface area contributed by atoms with Crippen molar-refractivity contribution in [2.24, 2.45) is 0 Å². The SMILES string of the molecule is S=C(S)c1ccccc1Br. The molecule has 0 N–H and O–H groups in total. The molecular formula is C7H5BrS2. The fraction of sp³-hybridized carbons (Fsp3) is 0. The Labute approximate surface area is 79.2 Å². The molecule has 0 heterocycles. The molecule has 0 aliphatic heterocycles. The van der Waals surface area contributed by atoms with Gasteiger partial charge in [-0.05, 0) is 6.07 Å². The summed E-state index contributed by atoms with van der Waals surface area (Å²) in [5.74, 6) is 0. The lowest BCUT2D eigenvalue weighted by Gasteiger charge is -1.97. The van der Waals surface area contributed by atoms with Gasteiger partial charge in [-0.2, -0.15) is 0 Å². The van der Waals surface area contributed by atoms with Crippen LogP contribution < -0.4 is 0 Å². The molecule has 52 valence electrons. The van der Waals surface area contributed by atoms with Gasteiger partial charge >= 0.3 is 0 Å². The van der Waals surface area contributed by atoms with Crippen LogP contribution in [-0.2, 0) is 0 Å². The zero-order valence-corrected chi connectivity index (χ0v) is 8.34. The predicted molar refractivity (Wildman–Crippen MR) is 54.8 cm³/mol. The van der Waals surface area contributed by atoms with Gasteiger partial charge in [-0.1, -0.05) is 46.3 Å². The summed E-state index contributed by atoms with van der Waals surface area (Å²) in [5.41, 5.74) is 0.973. The van der Waals surface area contributed by atoms with Crippen LogP contribution in [-0.4, -0.2) is 4.20 Å². The number of thiocarbonyl (C=S) groups is 1. The Balaban J connectivity index is 3.15. The molecule has 1 rings (SSSR count). The Morgan fingerprint density at radius 1 is 1.40 bits per heavy atom. The van der Waals surface area contributed by atoms with Crippen LogP contribution in [0, 0.1) is 0 Å². The first-order valence-corrected chi connectivity index (χ1v) is 4.34. The van der Waals surface area contributed by atoms with Crippen LogP contribution in [0.3, 0.4) is 0 Å². The molecule has 0 amide bonds. The lowest BCUT2D eigenvalue weighted by molar-refractivity contribution is 1.63. The lowest BCUT2D eigenvalue weighted by atomic mass is 10.2. The van der Waals surface area contributed by atoms with Crippen molar-refractivity contribution in [3.8, 4) is 0 Å². The average molecular weight is 233 g/mol. The third kappa shape index (κ3) is 1.81. The first-order valence-electron chi connectivity index (χ1n) is 2.69. The third-order valence-corrected chi connectivity index (χ3v) is 2.26. The molecule has 10 heavy (non-hydrogen) atoms. The van der Waals surface area contributed by atoms with Gasteiger partial charge in [0.2, 0.25) is 0 Å². The van der Waals surface area contributed by atoms with Crippen LogP contribution in [0.5, 0.6) is 0 Å². The molecule has 0 nitrogen and oxygen atoms in total. The molecule has 0 aliphatic rings. The largest absolute Gasteiger partial charge is 0.131 e. The van der Waals surface area contributed by atoms with Crippen LogP contribution in [0.4, 0.5) is 0 Å². The van der Waals surface area contributed by atoms with E-state index in [1.165, 1.54) is 0 Å². The average Bonchev–Trinajstić information content (AvgIpc) is 1.88. The molecule has 1 aromatic carbocycles. The van der Waals surface area contributed by atoms with Crippen molar-refractivity contribution in [2.75, 3.05) is 0 Å². The lowest BCUT2D eigenvalue weighted by Crippen LogP contribution is -1.86. The third-order valence-electron chi connectivity index (χ3n) is 1.10. The second-order valence-electron chi connectivity index (χ2n) is 1.78. The Hall–Kier alpha value is 0.140. The van der Waals surface area contributed by atoms with Gasteiger partial charge in [-0.3, -0.25) is 0 Å². The first kappa shape index (κ1) is 8.24. The van der Waals surface area contributed by atoms with Gasteiger partial charge in [0.15, 0.2) is 0 Å². The maximum absolute atomic E-state index is 4.88. The van der Waals surface area contributed by atoms with Gasteiger partial charge in [0, 0.05) is 10.0 Å². The van der Waals surface area contributed by atoms with Crippen molar-refractivity contribution >= 4 is 45.0 Å². The number of halogens is 1. The number of hydrogen-bond acceptors (Lipinski definition) is 1. The maximum Gasteiger partial charge on any atom is 0.0759 e. The summed E-state index contributed by atoms with van der Waals surface area (Å²) in [5, 5.41) is 0. The minimum atomic E-state index is 0.618. The van der Waals surface area contributed by atoms with E-state index in [1.54, 1.807) is 0 Å². The topological polar surface area (TPSA) is 0 Å². The Morgan fingerprint density at radius 2 is 2.00 bits per heavy atom. The predicted octanol–water partition coefficient (Wildman–Crippen LogP) is 3.05. The minimum absolute atomic E-state index is 0.618. The molecule has 0 atom stereocenters. The first-order chi connectivity index (χ1) is 4.72. The fourth-order valence-corrected chi connectivity index (χ4v) is 1.78. The second kappa shape index (κ2) is 3.51. The normalized spacial score (nSPS) is 9.40. The van der Waals surface area contributed by atoms with Crippen molar-refractivity contribution < 1.29 is 0 Å².